The molecule has 0 amide bonds. The Morgan fingerprint density at radius 1 is 1.25 bits per heavy atom. The predicted molar refractivity (Wildman–Crippen MR) is 79.5 cm³/mol. The highest BCUT2D eigenvalue weighted by molar-refractivity contribution is 6.30. The molecule has 1 atom stereocenters. The fraction of sp³-hybridized carbons (Fsp3) is 0.188. The van der Waals surface area contributed by atoms with Crippen LogP contribution in [-0.4, -0.2) is 5.11 Å². The summed E-state index contributed by atoms with van der Waals surface area (Å²) in [5.74, 6) is 0.0670. The van der Waals surface area contributed by atoms with Gasteiger partial charge in [-0.05, 0) is 30.7 Å². The molecular formula is C16H15ClN2O. The largest absolute Gasteiger partial charge is 0.508 e. The van der Waals surface area contributed by atoms with Gasteiger partial charge in [-0.2, -0.15) is 5.26 Å². The average molecular weight is 287 g/mol. The highest BCUT2D eigenvalue weighted by Gasteiger charge is 2.14. The molecule has 2 rings (SSSR count). The minimum Gasteiger partial charge on any atom is -0.508 e. The molecule has 1 unspecified atom stereocenters. The molecule has 0 aliphatic rings. The minimum atomic E-state index is -0.602. The number of benzene rings is 2. The Bertz CT molecular complexity index is 632. The van der Waals surface area contributed by atoms with E-state index in [1.807, 2.05) is 31.2 Å². The molecule has 0 saturated carbocycles. The summed E-state index contributed by atoms with van der Waals surface area (Å²) in [6.07, 6.45) is 0. The summed E-state index contributed by atoms with van der Waals surface area (Å²) in [5, 5.41) is 22.7. The van der Waals surface area contributed by atoms with Crippen molar-refractivity contribution in [3.05, 3.63) is 64.2 Å². The van der Waals surface area contributed by atoms with Crippen LogP contribution in [-0.2, 0) is 6.54 Å². The lowest BCUT2D eigenvalue weighted by Crippen LogP contribution is -2.19. The molecule has 2 N–H and O–H groups in total. The molecule has 4 heteroatoms. The summed E-state index contributed by atoms with van der Waals surface area (Å²) >= 11 is 5.90. The van der Waals surface area contributed by atoms with E-state index in [4.69, 9.17) is 11.6 Å². The number of halogens is 1. The second-order valence-electron chi connectivity index (χ2n) is 4.63. The summed E-state index contributed by atoms with van der Waals surface area (Å²) < 4.78 is 0. The van der Waals surface area contributed by atoms with Crippen LogP contribution < -0.4 is 5.32 Å². The summed E-state index contributed by atoms with van der Waals surface area (Å²) in [5.41, 5.74) is 2.77. The van der Waals surface area contributed by atoms with Crippen molar-refractivity contribution in [2.24, 2.45) is 0 Å². The molecule has 0 aliphatic carbocycles. The first-order chi connectivity index (χ1) is 9.60. The second-order valence-corrected chi connectivity index (χ2v) is 5.07. The van der Waals surface area contributed by atoms with Crippen molar-refractivity contribution in [3.63, 3.8) is 0 Å². The monoisotopic (exact) mass is 286 g/mol. The van der Waals surface area contributed by atoms with Gasteiger partial charge in [0.15, 0.2) is 0 Å². The summed E-state index contributed by atoms with van der Waals surface area (Å²) in [6.45, 7) is 2.57. The van der Waals surface area contributed by atoms with E-state index in [0.29, 0.717) is 17.1 Å². The van der Waals surface area contributed by atoms with Crippen LogP contribution in [0.3, 0.4) is 0 Å². The molecule has 0 aromatic heterocycles. The Kier molecular flexibility index (Phi) is 4.62. The van der Waals surface area contributed by atoms with E-state index in [0.717, 1.165) is 5.56 Å². The third-order valence-electron chi connectivity index (χ3n) is 3.06. The van der Waals surface area contributed by atoms with Crippen molar-refractivity contribution in [2.45, 2.75) is 19.5 Å². The van der Waals surface area contributed by atoms with Gasteiger partial charge in [-0.3, -0.25) is 5.32 Å². The maximum atomic E-state index is 9.82. The van der Waals surface area contributed by atoms with Crippen molar-refractivity contribution in [2.75, 3.05) is 0 Å². The molecule has 2 aromatic carbocycles. The first kappa shape index (κ1) is 14.4. The maximum Gasteiger partial charge on any atom is 0.125 e. The van der Waals surface area contributed by atoms with Crippen LogP contribution in [0.25, 0.3) is 0 Å². The normalized spacial score (nSPS) is 11.8. The van der Waals surface area contributed by atoms with Gasteiger partial charge in [0.2, 0.25) is 0 Å². The van der Waals surface area contributed by atoms with E-state index in [-0.39, 0.29) is 5.75 Å². The van der Waals surface area contributed by atoms with E-state index in [1.54, 1.807) is 12.1 Å². The van der Waals surface area contributed by atoms with Crippen molar-refractivity contribution in [1.29, 1.82) is 5.26 Å². The van der Waals surface area contributed by atoms with E-state index in [1.165, 1.54) is 11.6 Å². The Hall–Kier alpha value is -2.02. The number of nitriles is 1. The maximum absolute atomic E-state index is 9.82. The quantitative estimate of drug-likeness (QED) is 0.901. The molecule has 0 spiro atoms. The van der Waals surface area contributed by atoms with Crippen LogP contribution in [0.1, 0.15) is 22.7 Å². The van der Waals surface area contributed by atoms with Gasteiger partial charge in [-0.1, -0.05) is 41.4 Å². The fourth-order valence-corrected chi connectivity index (χ4v) is 2.09. The lowest BCUT2D eigenvalue weighted by Gasteiger charge is -2.14. The lowest BCUT2D eigenvalue weighted by atomic mass is 10.1. The number of rotatable bonds is 4. The molecule has 0 bridgehead atoms. The zero-order valence-electron chi connectivity index (χ0n) is 11.1. The second kappa shape index (κ2) is 6.42. The third kappa shape index (κ3) is 3.51. The van der Waals surface area contributed by atoms with Gasteiger partial charge < -0.3 is 5.11 Å². The first-order valence-corrected chi connectivity index (χ1v) is 6.65. The molecule has 20 heavy (non-hydrogen) atoms. The van der Waals surface area contributed by atoms with Gasteiger partial charge in [0, 0.05) is 17.1 Å². The van der Waals surface area contributed by atoms with Crippen LogP contribution in [0.5, 0.6) is 5.75 Å². The summed E-state index contributed by atoms with van der Waals surface area (Å²) in [4.78, 5) is 0. The number of nitrogens with one attached hydrogen (secondary N) is 1. The van der Waals surface area contributed by atoms with Crippen molar-refractivity contribution in [3.8, 4) is 11.8 Å². The van der Waals surface area contributed by atoms with Crippen LogP contribution >= 0.6 is 11.6 Å². The topological polar surface area (TPSA) is 56.0 Å². The van der Waals surface area contributed by atoms with Gasteiger partial charge in [0.05, 0.1) is 6.07 Å². The Balaban J connectivity index is 2.11. The standard InChI is InChI=1S/C16H15ClN2O/c1-11-2-4-12(5-3-11)10-19-15(9-18)14-8-13(17)6-7-16(14)20/h2-8,15,19-20H,10H2,1H3. The molecule has 2 aromatic rings. The SMILES string of the molecule is Cc1ccc(CNC(C#N)c2cc(Cl)ccc2O)cc1. The molecule has 0 radical (unpaired) electrons. The smallest absolute Gasteiger partial charge is 0.125 e. The zero-order valence-corrected chi connectivity index (χ0v) is 11.9. The third-order valence-corrected chi connectivity index (χ3v) is 3.30. The highest BCUT2D eigenvalue weighted by Crippen LogP contribution is 2.27. The van der Waals surface area contributed by atoms with Crippen molar-refractivity contribution >= 4 is 11.6 Å². The molecule has 0 aliphatic heterocycles. The number of hydrogen-bond acceptors (Lipinski definition) is 3. The van der Waals surface area contributed by atoms with Crippen LogP contribution in [0.2, 0.25) is 5.02 Å². The number of nitrogens with zero attached hydrogens (tertiary/aromatic N) is 1. The van der Waals surface area contributed by atoms with Crippen LogP contribution in [0, 0.1) is 18.3 Å². The highest BCUT2D eigenvalue weighted by atomic mass is 35.5. The van der Waals surface area contributed by atoms with Crippen molar-refractivity contribution in [1.82, 2.24) is 5.32 Å². The molecule has 102 valence electrons. The van der Waals surface area contributed by atoms with Gasteiger partial charge >= 0.3 is 0 Å². The van der Waals surface area contributed by atoms with Gasteiger partial charge in [0.25, 0.3) is 0 Å². The van der Waals surface area contributed by atoms with E-state index >= 15 is 0 Å². The minimum absolute atomic E-state index is 0.0670. The zero-order chi connectivity index (χ0) is 14.5. The fourth-order valence-electron chi connectivity index (χ4n) is 1.91. The predicted octanol–water partition coefficient (Wildman–Crippen LogP) is 3.71. The lowest BCUT2D eigenvalue weighted by molar-refractivity contribution is 0.459. The number of hydrogen-bond donors (Lipinski definition) is 2. The van der Waals surface area contributed by atoms with E-state index in [2.05, 4.69) is 11.4 Å². The molecule has 3 nitrogen and oxygen atoms in total. The molecule has 0 saturated heterocycles. The number of phenolic OH excluding ortho intramolecular Hbond substituents is 1. The Labute approximate surface area is 123 Å². The number of aryl methyl sites for hydroxylation is 1. The van der Waals surface area contributed by atoms with Crippen molar-refractivity contribution < 1.29 is 5.11 Å². The summed E-state index contributed by atoms with van der Waals surface area (Å²) in [6, 6.07) is 14.3. The number of phenols is 1. The van der Waals surface area contributed by atoms with E-state index in [9.17, 15) is 10.4 Å². The molecular weight excluding hydrogens is 272 g/mol. The van der Waals surface area contributed by atoms with Crippen LogP contribution in [0.15, 0.2) is 42.5 Å². The van der Waals surface area contributed by atoms with Gasteiger partial charge in [0.1, 0.15) is 11.8 Å². The van der Waals surface area contributed by atoms with Gasteiger partial charge in [-0.25, -0.2) is 0 Å². The average Bonchev–Trinajstić information content (AvgIpc) is 2.45. The Morgan fingerprint density at radius 3 is 2.60 bits per heavy atom. The van der Waals surface area contributed by atoms with Crippen LogP contribution in [0.4, 0.5) is 0 Å². The number of aromatic hydroxyl groups is 1. The molecule has 0 fully saturated rings. The summed E-state index contributed by atoms with van der Waals surface area (Å²) in [7, 11) is 0. The van der Waals surface area contributed by atoms with Gasteiger partial charge in [-0.15, -0.1) is 0 Å². The first-order valence-electron chi connectivity index (χ1n) is 6.27. The Morgan fingerprint density at radius 2 is 1.95 bits per heavy atom. The van der Waals surface area contributed by atoms with E-state index < -0.39 is 6.04 Å². The molecule has 0 heterocycles.